The average molecular weight is 416 g/mol. The number of nitrogens with one attached hydrogen (secondary N) is 1. The summed E-state index contributed by atoms with van der Waals surface area (Å²) in [5.41, 5.74) is 2.18. The fraction of sp³-hybridized carbons (Fsp3) is 0.292. The molecule has 1 unspecified atom stereocenters. The number of hydrogen-bond donors (Lipinski definition) is 1. The van der Waals surface area contributed by atoms with Crippen LogP contribution in [-0.4, -0.2) is 35.2 Å². The average Bonchev–Trinajstić information content (AvgIpc) is 3.28. The maximum absolute atomic E-state index is 13.9. The molecule has 0 bridgehead atoms. The van der Waals surface area contributed by atoms with Gasteiger partial charge in [0, 0.05) is 24.2 Å². The number of benzene rings is 2. The molecule has 2 aromatic carbocycles. The highest BCUT2D eigenvalue weighted by Crippen LogP contribution is 2.52. The van der Waals surface area contributed by atoms with E-state index >= 15 is 0 Å². The van der Waals surface area contributed by atoms with E-state index in [-0.39, 0.29) is 18.2 Å². The number of carbonyl (C=O) groups is 2. The van der Waals surface area contributed by atoms with Crippen LogP contribution in [0.3, 0.4) is 0 Å². The molecule has 0 fully saturated rings. The standard InChI is InChI=1S/C24H24N4O3/c1-15(2)14-27-20-7-5-4-6-18(20)24(23(27)30)12-21(29)26-22-19(24)13-25-28(22)16-8-10-17(31-3)11-9-16/h4-11,13,15H,12,14H2,1-3H3,(H,26,29). The Morgan fingerprint density at radius 2 is 1.84 bits per heavy atom. The van der Waals surface area contributed by atoms with Gasteiger partial charge in [0.25, 0.3) is 0 Å². The number of rotatable bonds is 4. The third-order valence-corrected chi connectivity index (χ3v) is 6.04. The molecule has 3 heterocycles. The number of aromatic nitrogens is 2. The van der Waals surface area contributed by atoms with Crippen molar-refractivity contribution in [2.45, 2.75) is 25.7 Å². The Kier molecular flexibility index (Phi) is 4.36. The molecular formula is C24H24N4O3. The van der Waals surface area contributed by atoms with Crippen LogP contribution in [0.25, 0.3) is 5.69 Å². The summed E-state index contributed by atoms with van der Waals surface area (Å²) in [7, 11) is 1.61. The third-order valence-electron chi connectivity index (χ3n) is 6.04. The van der Waals surface area contributed by atoms with Gasteiger partial charge in [0.05, 0.1) is 19.0 Å². The first-order valence-corrected chi connectivity index (χ1v) is 10.4. The quantitative estimate of drug-likeness (QED) is 0.706. The molecule has 1 atom stereocenters. The van der Waals surface area contributed by atoms with E-state index in [0.29, 0.717) is 18.3 Å². The van der Waals surface area contributed by atoms with Gasteiger partial charge >= 0.3 is 0 Å². The van der Waals surface area contributed by atoms with Crippen LogP contribution in [0.2, 0.25) is 0 Å². The Morgan fingerprint density at radius 1 is 1.10 bits per heavy atom. The van der Waals surface area contributed by atoms with E-state index in [2.05, 4.69) is 24.3 Å². The molecule has 1 aromatic heterocycles. The lowest BCUT2D eigenvalue weighted by atomic mass is 9.72. The first-order valence-electron chi connectivity index (χ1n) is 10.4. The van der Waals surface area contributed by atoms with Gasteiger partial charge in [-0.3, -0.25) is 9.59 Å². The lowest BCUT2D eigenvalue weighted by molar-refractivity contribution is -0.126. The van der Waals surface area contributed by atoms with Gasteiger partial charge in [0.1, 0.15) is 17.0 Å². The number of methoxy groups -OCH3 is 1. The van der Waals surface area contributed by atoms with Crippen molar-refractivity contribution in [2.24, 2.45) is 5.92 Å². The van der Waals surface area contributed by atoms with Crippen molar-refractivity contribution < 1.29 is 14.3 Å². The Hall–Kier alpha value is -3.61. The van der Waals surface area contributed by atoms with Crippen LogP contribution in [0.1, 0.15) is 31.4 Å². The summed E-state index contributed by atoms with van der Waals surface area (Å²) in [5, 5.41) is 7.51. The molecule has 1 spiro atoms. The Morgan fingerprint density at radius 3 is 2.55 bits per heavy atom. The molecule has 7 nitrogen and oxygen atoms in total. The fourth-order valence-corrected chi connectivity index (χ4v) is 4.71. The number of anilines is 2. The van der Waals surface area contributed by atoms with Crippen molar-refractivity contribution in [1.29, 1.82) is 0 Å². The molecule has 3 aromatic rings. The minimum Gasteiger partial charge on any atom is -0.497 e. The summed E-state index contributed by atoms with van der Waals surface area (Å²) in [4.78, 5) is 28.6. The maximum Gasteiger partial charge on any atom is 0.242 e. The van der Waals surface area contributed by atoms with Crippen LogP contribution in [0, 0.1) is 5.92 Å². The Bertz CT molecular complexity index is 1180. The second kappa shape index (κ2) is 6.97. The van der Waals surface area contributed by atoms with Crippen LogP contribution in [-0.2, 0) is 15.0 Å². The highest BCUT2D eigenvalue weighted by atomic mass is 16.5. The zero-order valence-corrected chi connectivity index (χ0v) is 17.8. The number of amides is 2. The summed E-state index contributed by atoms with van der Waals surface area (Å²) in [6, 6.07) is 15.2. The molecule has 7 heteroatoms. The molecule has 31 heavy (non-hydrogen) atoms. The van der Waals surface area contributed by atoms with E-state index in [1.807, 2.05) is 53.4 Å². The van der Waals surface area contributed by atoms with E-state index in [4.69, 9.17) is 4.74 Å². The van der Waals surface area contributed by atoms with Gasteiger partial charge in [-0.2, -0.15) is 5.10 Å². The van der Waals surface area contributed by atoms with Crippen molar-refractivity contribution in [3.05, 3.63) is 65.9 Å². The monoisotopic (exact) mass is 416 g/mol. The predicted molar refractivity (Wildman–Crippen MR) is 118 cm³/mol. The number of fused-ring (bicyclic) bond motifs is 4. The van der Waals surface area contributed by atoms with E-state index in [0.717, 1.165) is 28.3 Å². The first-order chi connectivity index (χ1) is 15.0. The molecular weight excluding hydrogens is 392 g/mol. The molecule has 2 aliphatic rings. The zero-order valence-electron chi connectivity index (χ0n) is 17.8. The van der Waals surface area contributed by atoms with Crippen molar-refractivity contribution in [3.8, 4) is 11.4 Å². The normalized spacial score (nSPS) is 19.5. The van der Waals surface area contributed by atoms with Crippen molar-refractivity contribution in [2.75, 3.05) is 23.9 Å². The van der Waals surface area contributed by atoms with E-state index in [9.17, 15) is 9.59 Å². The van der Waals surface area contributed by atoms with Gasteiger partial charge in [0.15, 0.2) is 0 Å². The summed E-state index contributed by atoms with van der Waals surface area (Å²) in [6.45, 7) is 4.77. The van der Waals surface area contributed by atoms with Gasteiger partial charge < -0.3 is 15.0 Å². The maximum atomic E-state index is 13.9. The smallest absolute Gasteiger partial charge is 0.242 e. The second-order valence-electron chi connectivity index (χ2n) is 8.47. The zero-order chi connectivity index (χ0) is 21.8. The molecule has 5 rings (SSSR count). The topological polar surface area (TPSA) is 76.5 Å². The van der Waals surface area contributed by atoms with Crippen molar-refractivity contribution >= 4 is 23.3 Å². The molecule has 1 N–H and O–H groups in total. The molecule has 0 aliphatic carbocycles. The van der Waals surface area contributed by atoms with Gasteiger partial charge in [-0.1, -0.05) is 32.0 Å². The van der Waals surface area contributed by atoms with Crippen LogP contribution in [0.4, 0.5) is 11.5 Å². The van der Waals surface area contributed by atoms with E-state index < -0.39 is 5.41 Å². The van der Waals surface area contributed by atoms with Crippen molar-refractivity contribution in [3.63, 3.8) is 0 Å². The fourth-order valence-electron chi connectivity index (χ4n) is 4.71. The Labute approximate surface area is 180 Å². The number of para-hydroxylation sites is 1. The minimum atomic E-state index is -1.06. The van der Waals surface area contributed by atoms with Crippen LogP contribution in [0.15, 0.2) is 54.7 Å². The summed E-state index contributed by atoms with van der Waals surface area (Å²) in [6.07, 6.45) is 1.78. The molecule has 0 saturated carbocycles. The molecule has 158 valence electrons. The van der Waals surface area contributed by atoms with Gasteiger partial charge in [0.2, 0.25) is 11.8 Å². The summed E-state index contributed by atoms with van der Waals surface area (Å²) >= 11 is 0. The second-order valence-corrected chi connectivity index (χ2v) is 8.47. The first kappa shape index (κ1) is 19.4. The number of ether oxygens (including phenoxy) is 1. The van der Waals surface area contributed by atoms with E-state index in [1.165, 1.54) is 0 Å². The highest BCUT2D eigenvalue weighted by Gasteiger charge is 2.57. The van der Waals surface area contributed by atoms with Crippen LogP contribution >= 0.6 is 0 Å². The molecule has 2 aliphatic heterocycles. The van der Waals surface area contributed by atoms with Gasteiger partial charge in [-0.25, -0.2) is 4.68 Å². The third kappa shape index (κ3) is 2.76. The Balaban J connectivity index is 1.70. The van der Waals surface area contributed by atoms with Crippen LogP contribution < -0.4 is 15.0 Å². The number of hydrogen-bond acceptors (Lipinski definition) is 4. The minimum absolute atomic E-state index is 0.0622. The van der Waals surface area contributed by atoms with Gasteiger partial charge in [-0.05, 0) is 41.8 Å². The predicted octanol–water partition coefficient (Wildman–Crippen LogP) is 3.51. The molecule has 2 amide bonds. The summed E-state index contributed by atoms with van der Waals surface area (Å²) in [5.74, 6) is 1.31. The number of nitrogens with zero attached hydrogens (tertiary/aromatic N) is 3. The lowest BCUT2D eigenvalue weighted by Crippen LogP contribution is -2.47. The van der Waals surface area contributed by atoms with Crippen molar-refractivity contribution in [1.82, 2.24) is 9.78 Å². The summed E-state index contributed by atoms with van der Waals surface area (Å²) < 4.78 is 6.91. The highest BCUT2D eigenvalue weighted by molar-refractivity contribution is 6.15. The van der Waals surface area contributed by atoms with E-state index in [1.54, 1.807) is 18.0 Å². The van der Waals surface area contributed by atoms with Crippen LogP contribution in [0.5, 0.6) is 5.75 Å². The SMILES string of the molecule is COc1ccc(-n2ncc3c2NC(=O)CC32C(=O)N(CC(C)C)c3ccccc32)cc1. The number of carbonyl (C=O) groups excluding carboxylic acids is 2. The van der Waals surface area contributed by atoms with Gasteiger partial charge in [-0.15, -0.1) is 0 Å². The molecule has 0 radical (unpaired) electrons. The largest absolute Gasteiger partial charge is 0.497 e. The lowest BCUT2D eigenvalue weighted by Gasteiger charge is -2.32. The molecule has 0 saturated heterocycles.